The molecule has 1 fully saturated rings. The second-order valence-electron chi connectivity index (χ2n) is 8.48. The van der Waals surface area contributed by atoms with E-state index < -0.39 is 5.92 Å². The van der Waals surface area contributed by atoms with Gasteiger partial charge in [0, 0.05) is 62.6 Å². The molecular weight excluding hydrogens is 426 g/mol. The maximum absolute atomic E-state index is 13.4. The van der Waals surface area contributed by atoms with E-state index in [-0.39, 0.29) is 11.5 Å². The molecule has 0 bridgehead atoms. The first-order valence-electron chi connectivity index (χ1n) is 11.0. The van der Waals surface area contributed by atoms with Gasteiger partial charge in [-0.15, -0.1) is 0 Å². The summed E-state index contributed by atoms with van der Waals surface area (Å²) in [5, 5.41) is 5.07. The van der Waals surface area contributed by atoms with Crippen molar-refractivity contribution in [2.45, 2.75) is 12.8 Å². The Morgan fingerprint density at radius 2 is 1.88 bits per heavy atom. The number of nitrogens with zero attached hydrogens (tertiary/aromatic N) is 1. The predicted molar refractivity (Wildman–Crippen MR) is 124 cm³/mol. The van der Waals surface area contributed by atoms with Crippen LogP contribution in [0.15, 0.2) is 60.7 Å². The molecule has 0 atom stereocenters. The molecule has 0 spiro atoms. The van der Waals surface area contributed by atoms with Crippen LogP contribution in [-0.4, -0.2) is 50.7 Å². The van der Waals surface area contributed by atoms with E-state index in [4.69, 9.17) is 9.47 Å². The molecule has 1 aliphatic heterocycles. The number of fused-ring (bicyclic) bond motifs is 1. The molecule has 1 aliphatic rings. The zero-order chi connectivity index (χ0) is 23.4. The fraction of sp³-hybridized carbons (Fsp3) is 0.346. The standard InChI is InChI=1S/C26H28F2N2O3/c1-26(27,28)21-7-9-22(10-8-21)33-24-5-3-4-19-14-20(6-11-23(19)24)25(31)30-16-18(17-30)15-29-12-13-32-2/h3-11,14,18,29H,12-13,15-17H2,1-2H3. The topological polar surface area (TPSA) is 50.8 Å². The third-order valence-corrected chi connectivity index (χ3v) is 5.84. The van der Waals surface area contributed by atoms with Crippen molar-refractivity contribution in [2.24, 2.45) is 5.92 Å². The predicted octanol–water partition coefficient (Wildman–Crippen LogP) is 5.05. The third-order valence-electron chi connectivity index (χ3n) is 5.84. The minimum absolute atomic E-state index is 0.0208. The van der Waals surface area contributed by atoms with Crippen molar-refractivity contribution in [1.29, 1.82) is 0 Å². The Morgan fingerprint density at radius 3 is 2.58 bits per heavy atom. The van der Waals surface area contributed by atoms with Crippen molar-refractivity contribution in [3.8, 4) is 11.5 Å². The zero-order valence-corrected chi connectivity index (χ0v) is 18.8. The van der Waals surface area contributed by atoms with Gasteiger partial charge in [-0.25, -0.2) is 8.78 Å². The van der Waals surface area contributed by atoms with Gasteiger partial charge in [0.25, 0.3) is 11.8 Å². The molecule has 1 heterocycles. The molecule has 3 aromatic rings. The van der Waals surface area contributed by atoms with Crippen LogP contribution in [0.5, 0.6) is 11.5 Å². The molecule has 0 saturated carbocycles. The van der Waals surface area contributed by atoms with Crippen molar-refractivity contribution in [3.05, 3.63) is 71.8 Å². The summed E-state index contributed by atoms with van der Waals surface area (Å²) in [6.07, 6.45) is 0. The molecule has 1 N–H and O–H groups in total. The SMILES string of the molecule is COCCNCC1CN(C(=O)c2ccc3c(Oc4ccc(C(C)(F)F)cc4)cccc3c2)C1. The van der Waals surface area contributed by atoms with Gasteiger partial charge in [-0.1, -0.05) is 12.1 Å². The smallest absolute Gasteiger partial charge is 0.270 e. The molecule has 3 aromatic carbocycles. The first-order valence-corrected chi connectivity index (χ1v) is 11.0. The number of hydrogen-bond donors (Lipinski definition) is 1. The number of carbonyl (C=O) groups is 1. The van der Waals surface area contributed by atoms with Gasteiger partial charge < -0.3 is 19.7 Å². The minimum Gasteiger partial charge on any atom is -0.457 e. The van der Waals surface area contributed by atoms with Crippen molar-refractivity contribution in [2.75, 3.05) is 39.9 Å². The average molecular weight is 455 g/mol. The first-order chi connectivity index (χ1) is 15.8. The second kappa shape index (κ2) is 9.85. The fourth-order valence-corrected chi connectivity index (χ4v) is 3.95. The molecule has 5 nitrogen and oxygen atoms in total. The monoisotopic (exact) mass is 454 g/mol. The number of ether oxygens (including phenoxy) is 2. The summed E-state index contributed by atoms with van der Waals surface area (Å²) < 4.78 is 37.8. The van der Waals surface area contributed by atoms with Crippen LogP contribution in [-0.2, 0) is 10.7 Å². The van der Waals surface area contributed by atoms with Crippen LogP contribution in [0.2, 0.25) is 0 Å². The summed E-state index contributed by atoms with van der Waals surface area (Å²) in [6.45, 7) is 4.72. The molecule has 0 aromatic heterocycles. The highest BCUT2D eigenvalue weighted by Gasteiger charge is 2.31. The van der Waals surface area contributed by atoms with Crippen LogP contribution in [0.25, 0.3) is 10.8 Å². The van der Waals surface area contributed by atoms with Crippen LogP contribution in [0.3, 0.4) is 0 Å². The molecule has 0 radical (unpaired) electrons. The van der Waals surface area contributed by atoms with Crippen LogP contribution in [0.1, 0.15) is 22.8 Å². The fourth-order valence-electron chi connectivity index (χ4n) is 3.95. The molecule has 1 amide bonds. The van der Waals surface area contributed by atoms with Crippen molar-refractivity contribution in [3.63, 3.8) is 0 Å². The molecule has 1 saturated heterocycles. The molecule has 33 heavy (non-hydrogen) atoms. The van der Waals surface area contributed by atoms with E-state index in [1.807, 2.05) is 41.3 Å². The summed E-state index contributed by atoms with van der Waals surface area (Å²) in [4.78, 5) is 14.7. The van der Waals surface area contributed by atoms with Crippen molar-refractivity contribution in [1.82, 2.24) is 10.2 Å². The van der Waals surface area contributed by atoms with E-state index in [2.05, 4.69) is 5.32 Å². The lowest BCUT2D eigenvalue weighted by atomic mass is 9.98. The number of benzene rings is 3. The van der Waals surface area contributed by atoms with E-state index in [9.17, 15) is 13.6 Å². The quantitative estimate of drug-likeness (QED) is 0.460. The highest BCUT2D eigenvalue weighted by Crippen LogP contribution is 2.33. The van der Waals surface area contributed by atoms with E-state index in [1.165, 1.54) is 24.3 Å². The number of rotatable bonds is 9. The number of carbonyl (C=O) groups excluding carboxylic acids is 1. The van der Waals surface area contributed by atoms with Gasteiger partial charge in [-0.3, -0.25) is 4.79 Å². The normalized spacial score (nSPS) is 14.4. The molecule has 7 heteroatoms. The summed E-state index contributed by atoms with van der Waals surface area (Å²) in [7, 11) is 1.68. The minimum atomic E-state index is -2.89. The van der Waals surface area contributed by atoms with Gasteiger partial charge >= 0.3 is 0 Å². The van der Waals surface area contributed by atoms with E-state index >= 15 is 0 Å². The van der Waals surface area contributed by atoms with Crippen LogP contribution in [0, 0.1) is 5.92 Å². The number of likely N-dealkylation sites (tertiary alicyclic amines) is 1. The Bertz CT molecular complexity index is 1110. The van der Waals surface area contributed by atoms with Gasteiger partial charge in [0.05, 0.1) is 6.61 Å². The number of nitrogens with one attached hydrogen (secondary N) is 1. The zero-order valence-electron chi connectivity index (χ0n) is 18.8. The summed E-state index contributed by atoms with van der Waals surface area (Å²) in [5.74, 6) is -1.33. The van der Waals surface area contributed by atoms with Gasteiger partial charge in [-0.05, 0) is 53.9 Å². The van der Waals surface area contributed by atoms with Gasteiger partial charge in [-0.2, -0.15) is 0 Å². The average Bonchev–Trinajstić information content (AvgIpc) is 2.77. The van der Waals surface area contributed by atoms with E-state index in [0.717, 1.165) is 43.9 Å². The lowest BCUT2D eigenvalue weighted by molar-refractivity contribution is 0.0174. The van der Waals surface area contributed by atoms with Gasteiger partial charge in [0.2, 0.25) is 0 Å². The van der Waals surface area contributed by atoms with E-state index in [0.29, 0.717) is 29.6 Å². The van der Waals surface area contributed by atoms with E-state index in [1.54, 1.807) is 7.11 Å². The van der Waals surface area contributed by atoms with Gasteiger partial charge in [0.1, 0.15) is 11.5 Å². The lowest BCUT2D eigenvalue weighted by Crippen LogP contribution is -2.53. The molecule has 4 rings (SSSR count). The largest absolute Gasteiger partial charge is 0.457 e. The lowest BCUT2D eigenvalue weighted by Gasteiger charge is -2.39. The van der Waals surface area contributed by atoms with Gasteiger partial charge in [0.15, 0.2) is 0 Å². The number of alkyl halides is 2. The Kier molecular flexibility index (Phi) is 6.91. The highest BCUT2D eigenvalue weighted by atomic mass is 19.3. The Morgan fingerprint density at radius 1 is 1.12 bits per heavy atom. The van der Waals surface area contributed by atoms with Crippen LogP contribution in [0.4, 0.5) is 8.78 Å². The summed E-state index contributed by atoms with van der Waals surface area (Å²) >= 11 is 0. The first kappa shape index (κ1) is 23.1. The molecule has 0 aliphatic carbocycles. The molecule has 174 valence electrons. The summed E-state index contributed by atoms with van der Waals surface area (Å²) in [6, 6.07) is 17.0. The summed E-state index contributed by atoms with van der Waals surface area (Å²) in [5.41, 5.74) is 0.579. The number of hydrogen-bond acceptors (Lipinski definition) is 4. The maximum atomic E-state index is 13.4. The Labute approximate surface area is 192 Å². The van der Waals surface area contributed by atoms with Crippen LogP contribution < -0.4 is 10.1 Å². The number of methoxy groups -OCH3 is 1. The molecular formula is C26H28F2N2O3. The van der Waals surface area contributed by atoms with Crippen LogP contribution >= 0.6 is 0 Å². The Balaban J connectivity index is 1.42. The number of halogens is 2. The Hall–Kier alpha value is -3.03. The van der Waals surface area contributed by atoms with Crippen molar-refractivity contribution >= 4 is 16.7 Å². The third kappa shape index (κ3) is 5.49. The maximum Gasteiger partial charge on any atom is 0.270 e. The molecule has 0 unspecified atom stereocenters. The second-order valence-corrected chi connectivity index (χ2v) is 8.48. The number of amides is 1. The highest BCUT2D eigenvalue weighted by molar-refractivity contribution is 6.00. The van der Waals surface area contributed by atoms with Crippen molar-refractivity contribution < 1.29 is 23.0 Å².